The molecule has 13 heavy (non-hydrogen) atoms. The normalized spacial score (nSPS) is 20.5. The van der Waals surface area contributed by atoms with Gasteiger partial charge in [-0.25, -0.2) is 0 Å². The third kappa shape index (κ3) is 5.15. The number of halogens is 3. The van der Waals surface area contributed by atoms with Gasteiger partial charge in [-0.1, -0.05) is 12.7 Å². The average Bonchev–Trinajstić information content (AvgIpc) is 2.04. The van der Waals surface area contributed by atoms with E-state index in [1.165, 1.54) is 0 Å². The zero-order valence-corrected chi connectivity index (χ0v) is 7.52. The Bertz CT molecular complexity index is 147. The van der Waals surface area contributed by atoms with Crippen molar-refractivity contribution in [2.45, 2.75) is 12.7 Å². The van der Waals surface area contributed by atoms with Crippen LogP contribution in [0.15, 0.2) is 0 Å². The lowest BCUT2D eigenvalue weighted by molar-refractivity contribution is 0.0378. The van der Waals surface area contributed by atoms with Gasteiger partial charge in [0, 0.05) is 13.1 Å². The minimum Gasteiger partial charge on any atom is -0.449 e. The van der Waals surface area contributed by atoms with Crippen molar-refractivity contribution in [3.8, 4) is 0 Å². The molecule has 2 nitrogen and oxygen atoms in total. The lowest BCUT2D eigenvalue weighted by Gasteiger charge is -2.27. The number of nitrogens with zero attached hydrogens (tertiary/aromatic N) is 1. The topological polar surface area (TPSA) is 12.5 Å². The number of hydrogen-bond acceptors (Lipinski definition) is 2. The van der Waals surface area contributed by atoms with Crippen molar-refractivity contribution in [3.63, 3.8) is 0 Å². The van der Waals surface area contributed by atoms with Crippen LogP contribution in [-0.2, 0) is 4.74 Å². The van der Waals surface area contributed by atoms with Crippen LogP contribution in [-0.4, -0.2) is 44.7 Å². The highest BCUT2D eigenvalue weighted by Crippen LogP contribution is 2.17. The monoisotopic (exact) mass is 196 g/mol. The minimum absolute atomic E-state index is 0.226. The summed E-state index contributed by atoms with van der Waals surface area (Å²) < 4.78 is 40.6. The molecule has 78 valence electrons. The Kier molecular flexibility index (Phi) is 4.06. The van der Waals surface area contributed by atoms with Gasteiger partial charge in [-0.15, -0.1) is 0 Å². The summed E-state index contributed by atoms with van der Waals surface area (Å²) in [5.74, 6) is 0. The first-order valence-electron chi connectivity index (χ1n) is 4.59. The lowest BCUT2D eigenvalue weighted by Crippen LogP contribution is -2.37. The molecule has 0 unspecified atom stereocenters. The Morgan fingerprint density at radius 1 is 1.15 bits per heavy atom. The molecule has 0 N–H and O–H groups in total. The number of rotatable bonds is 4. The van der Waals surface area contributed by atoms with Gasteiger partial charge in [0.25, 0.3) is 0 Å². The van der Waals surface area contributed by atoms with E-state index in [1.54, 1.807) is 0 Å². The molecular weight excluding hydrogens is 182 g/mol. The summed E-state index contributed by atoms with van der Waals surface area (Å²) in [6.07, 6.45) is -0.388. The summed E-state index contributed by atoms with van der Waals surface area (Å²) in [6.45, 7) is -1.21. The summed E-state index contributed by atoms with van der Waals surface area (Å²) in [5.41, 5.74) is 0. The first-order valence-corrected chi connectivity index (χ1v) is 4.59. The van der Waals surface area contributed by atoms with E-state index in [9.17, 15) is 12.9 Å². The molecule has 1 heterocycles. The van der Waals surface area contributed by atoms with Crippen LogP contribution in [0.3, 0.4) is 0 Å². The Morgan fingerprint density at radius 2 is 1.77 bits per heavy atom. The molecule has 1 aliphatic heterocycles. The van der Waals surface area contributed by atoms with Crippen molar-refractivity contribution < 1.29 is 17.7 Å². The molecule has 0 aromatic carbocycles. The van der Waals surface area contributed by atoms with Crippen molar-refractivity contribution in [2.24, 2.45) is 0 Å². The highest BCUT2D eigenvalue weighted by Gasteiger charge is 2.22. The van der Waals surface area contributed by atoms with Crippen molar-refractivity contribution in [1.82, 2.24) is 4.90 Å². The third-order valence-corrected chi connectivity index (χ3v) is 2.11. The zero-order chi connectivity index (χ0) is 9.73. The summed E-state index contributed by atoms with van der Waals surface area (Å²) in [5, 5.41) is 0. The maximum Gasteiger partial charge on any atom is 0.478 e. The summed E-state index contributed by atoms with van der Waals surface area (Å²) in [6, 6.07) is 0. The van der Waals surface area contributed by atoms with Crippen molar-refractivity contribution in [1.29, 1.82) is 0 Å². The number of ether oxygens (including phenoxy) is 1. The molecule has 0 saturated carbocycles. The second-order valence-corrected chi connectivity index (χ2v) is 3.31. The van der Waals surface area contributed by atoms with Crippen molar-refractivity contribution in [2.75, 3.05) is 32.8 Å². The zero-order valence-electron chi connectivity index (χ0n) is 7.52. The van der Waals surface area contributed by atoms with Crippen molar-refractivity contribution in [3.05, 3.63) is 0 Å². The molecule has 1 saturated heterocycles. The average molecular weight is 196 g/mol. The quantitative estimate of drug-likeness (QED) is 0.632. The van der Waals surface area contributed by atoms with Crippen LogP contribution in [0, 0.1) is 0 Å². The predicted molar refractivity (Wildman–Crippen MR) is 45.8 cm³/mol. The van der Waals surface area contributed by atoms with Gasteiger partial charge in [0.2, 0.25) is 0 Å². The molecule has 1 aliphatic rings. The van der Waals surface area contributed by atoms with E-state index in [2.05, 4.69) is 0 Å². The van der Waals surface area contributed by atoms with E-state index >= 15 is 0 Å². The van der Waals surface area contributed by atoms with Gasteiger partial charge in [-0.05, 0) is 6.54 Å². The van der Waals surface area contributed by atoms with Crippen LogP contribution in [0.2, 0.25) is 6.32 Å². The Balaban J connectivity index is 2.04. The first kappa shape index (κ1) is 10.9. The van der Waals surface area contributed by atoms with E-state index in [0.717, 1.165) is 13.1 Å². The minimum atomic E-state index is -4.59. The van der Waals surface area contributed by atoms with E-state index in [4.69, 9.17) is 4.74 Å². The van der Waals surface area contributed by atoms with Gasteiger partial charge in [0.15, 0.2) is 0 Å². The fourth-order valence-corrected chi connectivity index (χ4v) is 1.37. The molecule has 0 aromatic rings. The van der Waals surface area contributed by atoms with Crippen LogP contribution in [0.1, 0.15) is 6.42 Å². The van der Waals surface area contributed by atoms with Gasteiger partial charge in [-0.3, -0.25) is 4.90 Å². The molecule has 1 fully saturated rings. The maximum atomic E-state index is 11.8. The highest BCUT2D eigenvalue weighted by molar-refractivity contribution is 6.58. The molecule has 0 aromatic heterocycles. The molecule has 0 spiro atoms. The molecule has 1 rings (SSSR count). The van der Waals surface area contributed by atoms with E-state index in [-0.39, 0.29) is 6.42 Å². The summed E-state index contributed by atoms with van der Waals surface area (Å²) in [7, 11) is 0. The molecule has 0 bridgehead atoms. The SMILES string of the molecule is F[B-](F)(F)CCCN1CCOCC1. The summed E-state index contributed by atoms with van der Waals surface area (Å²) in [4.78, 5) is 2.02. The number of hydrogen-bond donors (Lipinski definition) is 0. The van der Waals surface area contributed by atoms with Crippen LogP contribution in [0.25, 0.3) is 0 Å². The van der Waals surface area contributed by atoms with Crippen LogP contribution >= 0.6 is 0 Å². The molecule has 0 amide bonds. The fourth-order valence-electron chi connectivity index (χ4n) is 1.37. The summed E-state index contributed by atoms with van der Waals surface area (Å²) >= 11 is 0. The van der Waals surface area contributed by atoms with Crippen LogP contribution in [0.5, 0.6) is 0 Å². The second kappa shape index (κ2) is 4.86. The fraction of sp³-hybridized carbons (Fsp3) is 1.00. The van der Waals surface area contributed by atoms with E-state index in [0.29, 0.717) is 19.8 Å². The van der Waals surface area contributed by atoms with Gasteiger partial charge in [0.1, 0.15) is 0 Å². The predicted octanol–water partition coefficient (Wildman–Crippen LogP) is 1.56. The molecule has 0 atom stereocenters. The Morgan fingerprint density at radius 3 is 2.31 bits per heavy atom. The maximum absolute atomic E-state index is 11.8. The van der Waals surface area contributed by atoms with E-state index < -0.39 is 13.3 Å². The standard InChI is InChI=1S/C7H14BF3NO/c9-8(10,11)2-1-3-12-4-6-13-7-5-12/h1-7H2/q-1. The van der Waals surface area contributed by atoms with Crippen molar-refractivity contribution >= 4 is 6.98 Å². The smallest absolute Gasteiger partial charge is 0.449 e. The number of morpholine rings is 1. The molecular formula is C7H14BF3NO-. The molecule has 0 radical (unpaired) electrons. The first-order chi connectivity index (χ1) is 6.08. The highest BCUT2D eigenvalue weighted by atomic mass is 19.4. The van der Waals surface area contributed by atoms with Crippen LogP contribution < -0.4 is 0 Å². The second-order valence-electron chi connectivity index (χ2n) is 3.31. The van der Waals surface area contributed by atoms with Gasteiger partial charge in [0.05, 0.1) is 13.2 Å². The molecule has 0 aliphatic carbocycles. The largest absolute Gasteiger partial charge is 0.478 e. The van der Waals surface area contributed by atoms with Crippen LogP contribution in [0.4, 0.5) is 12.9 Å². The van der Waals surface area contributed by atoms with Gasteiger partial charge >= 0.3 is 6.98 Å². The Labute approximate surface area is 76.1 Å². The van der Waals surface area contributed by atoms with Gasteiger partial charge in [-0.2, -0.15) is 0 Å². The van der Waals surface area contributed by atoms with Gasteiger partial charge < -0.3 is 17.7 Å². The Hall–Kier alpha value is -0.225. The third-order valence-electron chi connectivity index (χ3n) is 2.11. The van der Waals surface area contributed by atoms with E-state index in [1.807, 2.05) is 4.90 Å². The molecule has 6 heteroatoms. The lowest BCUT2D eigenvalue weighted by atomic mass is 9.84.